The molecule has 3 amide bonds. The average Bonchev–Trinajstić information content (AvgIpc) is 3.86. The van der Waals surface area contributed by atoms with Gasteiger partial charge in [-0.1, -0.05) is 42.3 Å². The first-order valence-corrected chi connectivity index (χ1v) is 18.6. The normalized spacial score (nSPS) is 30.0. The molecule has 0 aliphatic carbocycles. The predicted molar refractivity (Wildman–Crippen MR) is 206 cm³/mol. The maximum atomic E-state index is 14.3. The quantitative estimate of drug-likeness (QED) is 0.255. The minimum atomic E-state index is -1.86. The number of hydrogen-bond donors (Lipinski definition) is 3. The zero-order chi connectivity index (χ0) is 41.3. The molecule has 0 unspecified atom stereocenters. The molecule has 0 radical (unpaired) electrons. The number of benzene rings is 2. The van der Waals surface area contributed by atoms with Crippen LogP contribution in [0.4, 0.5) is 20.6 Å². The van der Waals surface area contributed by atoms with Gasteiger partial charge in [0.1, 0.15) is 46.5 Å². The van der Waals surface area contributed by atoms with Crippen LogP contribution in [0, 0.1) is 11.7 Å². The Morgan fingerprint density at radius 1 is 1.20 bits per heavy atom. The van der Waals surface area contributed by atoms with Crippen molar-refractivity contribution in [1.29, 1.82) is 0 Å². The Balaban J connectivity index is 1.52. The first-order valence-electron chi connectivity index (χ1n) is 18.2. The predicted octanol–water partition coefficient (Wildman–Crippen LogP) is 5.01. The number of nitrogens with zero attached hydrogens (tertiary/aromatic N) is 2. The van der Waals surface area contributed by atoms with E-state index in [0.717, 1.165) is 22.1 Å². The zero-order valence-corrected chi connectivity index (χ0v) is 33.7. The van der Waals surface area contributed by atoms with Crippen LogP contribution in [0.1, 0.15) is 56.5 Å². The number of nitrogens with one attached hydrogen (secondary N) is 2. The third-order valence-corrected chi connectivity index (χ3v) is 11.3. The number of alkyl carbamates (subject to hydrolysis) is 1. The van der Waals surface area contributed by atoms with Gasteiger partial charge in [0.05, 0.1) is 25.3 Å². The number of ether oxygens (including phenoxy) is 5. The van der Waals surface area contributed by atoms with E-state index in [-0.39, 0.29) is 23.4 Å². The topological polar surface area (TPSA) is 169 Å². The summed E-state index contributed by atoms with van der Waals surface area (Å²) in [6.07, 6.45) is 0.498. The van der Waals surface area contributed by atoms with Gasteiger partial charge in [0, 0.05) is 51.8 Å². The Morgan fingerprint density at radius 3 is 2.57 bits per heavy atom. The van der Waals surface area contributed by atoms with Crippen molar-refractivity contribution in [3.8, 4) is 5.75 Å². The number of amides is 3. The number of allylic oxidation sites excluding steroid dienone is 3. The highest BCUT2D eigenvalue weighted by atomic mass is 35.5. The molecule has 3 aliphatic heterocycles. The average molecular weight is 801 g/mol. The third kappa shape index (κ3) is 8.80. The Kier molecular flexibility index (Phi) is 12.7. The molecule has 2 aromatic rings. The minimum absolute atomic E-state index is 0.00879. The molecule has 16 heteroatoms. The smallest absolute Gasteiger partial charge is 0.409 e. The SMILES string of the molecule is CNc1cc(F)cc(C(=O)N(C)[C@@H](C)C(=O)O[C@H]2CC(=O)N(C)c3cc(cc(OC)c3Cl)C/C(C)=C/C=C/[C@@H](OC)[C@@]3(O)C[C@H](OC(=O)N3)[C@@H](C)[C@@H]3O[C@@]23C)c1. The van der Waals surface area contributed by atoms with Crippen LogP contribution < -0.4 is 20.3 Å². The van der Waals surface area contributed by atoms with E-state index in [1.54, 1.807) is 52.2 Å². The summed E-state index contributed by atoms with van der Waals surface area (Å²) in [6, 6.07) is 6.11. The Labute approximate surface area is 330 Å². The van der Waals surface area contributed by atoms with Crippen LogP contribution in [-0.4, -0.2) is 111 Å². The van der Waals surface area contributed by atoms with E-state index in [1.165, 1.54) is 45.2 Å². The lowest BCUT2D eigenvalue weighted by Crippen LogP contribution is -2.63. The lowest BCUT2D eigenvalue weighted by Gasteiger charge is -2.42. The molecular weight excluding hydrogens is 751 g/mol. The van der Waals surface area contributed by atoms with Crippen LogP contribution in [0.3, 0.4) is 0 Å². The summed E-state index contributed by atoms with van der Waals surface area (Å²) in [5, 5.41) is 17.2. The van der Waals surface area contributed by atoms with Gasteiger partial charge in [-0.15, -0.1) is 0 Å². The summed E-state index contributed by atoms with van der Waals surface area (Å²) in [7, 11) is 7.40. The largest absolute Gasteiger partial charge is 0.495 e. The monoisotopic (exact) mass is 800 g/mol. The van der Waals surface area contributed by atoms with Crippen molar-refractivity contribution in [2.24, 2.45) is 5.92 Å². The third-order valence-electron chi connectivity index (χ3n) is 10.9. The highest BCUT2D eigenvalue weighted by Gasteiger charge is 2.64. The van der Waals surface area contributed by atoms with E-state index >= 15 is 0 Å². The Bertz CT molecular complexity index is 1930. The van der Waals surface area contributed by atoms with Crippen molar-refractivity contribution in [1.82, 2.24) is 10.2 Å². The van der Waals surface area contributed by atoms with Gasteiger partial charge in [-0.2, -0.15) is 0 Å². The van der Waals surface area contributed by atoms with Crippen LogP contribution in [0.5, 0.6) is 5.75 Å². The van der Waals surface area contributed by atoms with E-state index in [1.807, 2.05) is 13.0 Å². The van der Waals surface area contributed by atoms with Gasteiger partial charge in [0.15, 0.2) is 5.72 Å². The van der Waals surface area contributed by atoms with Gasteiger partial charge < -0.3 is 43.9 Å². The lowest BCUT2D eigenvalue weighted by atomic mass is 9.83. The highest BCUT2D eigenvalue weighted by molar-refractivity contribution is 6.35. The number of esters is 1. The fourth-order valence-electron chi connectivity index (χ4n) is 7.24. The summed E-state index contributed by atoms with van der Waals surface area (Å²) in [6.45, 7) is 6.80. The molecule has 0 saturated carbocycles. The number of carbonyl (C=O) groups excluding carboxylic acids is 4. The van der Waals surface area contributed by atoms with Gasteiger partial charge in [0.2, 0.25) is 5.91 Å². The fraction of sp³-hybridized carbons (Fsp3) is 0.500. The molecule has 8 atom stereocenters. The van der Waals surface area contributed by atoms with Crippen molar-refractivity contribution in [3.05, 3.63) is 76.1 Å². The molecule has 0 spiro atoms. The van der Waals surface area contributed by atoms with Crippen LogP contribution in [0.15, 0.2) is 54.1 Å². The summed E-state index contributed by atoms with van der Waals surface area (Å²) >= 11 is 6.76. The van der Waals surface area contributed by atoms with E-state index < -0.39 is 77.4 Å². The van der Waals surface area contributed by atoms with E-state index in [4.69, 9.17) is 35.3 Å². The Hall–Kier alpha value is -4.70. The number of anilines is 2. The molecule has 304 valence electrons. The van der Waals surface area contributed by atoms with E-state index in [2.05, 4.69) is 10.6 Å². The first kappa shape index (κ1) is 42.4. The number of rotatable bonds is 7. The number of aliphatic hydroxyl groups is 1. The Morgan fingerprint density at radius 2 is 1.91 bits per heavy atom. The number of epoxide rings is 1. The number of methoxy groups -OCH3 is 2. The molecule has 2 fully saturated rings. The van der Waals surface area contributed by atoms with Crippen LogP contribution in [-0.2, 0) is 35.0 Å². The lowest BCUT2D eigenvalue weighted by molar-refractivity contribution is -0.158. The second-order valence-electron chi connectivity index (χ2n) is 14.8. The van der Waals surface area contributed by atoms with Crippen molar-refractivity contribution in [2.75, 3.05) is 45.6 Å². The van der Waals surface area contributed by atoms with Gasteiger partial charge in [0.25, 0.3) is 5.91 Å². The molecule has 3 N–H and O–H groups in total. The van der Waals surface area contributed by atoms with Gasteiger partial charge >= 0.3 is 12.1 Å². The van der Waals surface area contributed by atoms with Crippen molar-refractivity contribution < 1.29 is 52.4 Å². The second-order valence-corrected chi connectivity index (χ2v) is 15.2. The maximum Gasteiger partial charge on any atom is 0.409 e. The summed E-state index contributed by atoms with van der Waals surface area (Å²) in [4.78, 5) is 56.9. The molecule has 56 heavy (non-hydrogen) atoms. The fourth-order valence-corrected chi connectivity index (χ4v) is 7.55. The number of carbonyl (C=O) groups is 4. The van der Waals surface area contributed by atoms with Crippen LogP contribution >= 0.6 is 11.6 Å². The number of fused-ring (bicyclic) bond motifs is 5. The van der Waals surface area contributed by atoms with E-state index in [0.29, 0.717) is 23.5 Å². The van der Waals surface area contributed by atoms with Crippen LogP contribution in [0.25, 0.3) is 0 Å². The van der Waals surface area contributed by atoms with Crippen molar-refractivity contribution in [3.63, 3.8) is 0 Å². The standard InChI is InChI=1S/C40H50ClFN4O10/c1-21-11-10-12-31(53-9)40(51)20-30(54-38(50)44-40)22(2)35-39(4,56-35)32(19-33(47)46(7)28-14-24(13-21)15-29(52-8)34(28)41)55-37(49)23(3)45(6)36(48)25-16-26(42)18-27(17-25)43-5/h10-12,14-18,22-23,30-32,35,43,51H,13,19-20H2,1-9H3,(H,44,50)/b12-10+,21-11+/t22-,23+,30+,31-,32+,35+,39+,40+/m1/s1. The zero-order valence-electron chi connectivity index (χ0n) is 33.0. The highest BCUT2D eigenvalue weighted by Crippen LogP contribution is 2.49. The van der Waals surface area contributed by atoms with Gasteiger partial charge in [-0.3, -0.25) is 14.9 Å². The maximum absolute atomic E-state index is 14.3. The molecule has 4 bridgehead atoms. The molecule has 3 heterocycles. The molecule has 0 aromatic heterocycles. The van der Waals surface area contributed by atoms with E-state index in [9.17, 15) is 28.7 Å². The number of halogens is 2. The van der Waals surface area contributed by atoms with Gasteiger partial charge in [-0.25, -0.2) is 14.0 Å². The molecule has 5 rings (SSSR count). The first-order chi connectivity index (χ1) is 26.3. The summed E-state index contributed by atoms with van der Waals surface area (Å²) < 4.78 is 43.5. The summed E-state index contributed by atoms with van der Waals surface area (Å²) in [5.74, 6) is -2.85. The molecule has 2 saturated heterocycles. The van der Waals surface area contributed by atoms with Crippen LogP contribution in [0.2, 0.25) is 5.02 Å². The molecular formula is C40H50ClFN4O10. The number of likely N-dealkylation sites (N-methyl/N-ethyl adjacent to an activating group) is 1. The van der Waals surface area contributed by atoms with Crippen molar-refractivity contribution in [2.45, 2.75) is 88.7 Å². The minimum Gasteiger partial charge on any atom is -0.495 e. The van der Waals surface area contributed by atoms with Gasteiger partial charge in [-0.05, 0) is 63.1 Å². The van der Waals surface area contributed by atoms with Crippen molar-refractivity contribution >= 4 is 46.9 Å². The second kappa shape index (κ2) is 16.8. The number of hydrogen-bond acceptors (Lipinski definition) is 11. The summed E-state index contributed by atoms with van der Waals surface area (Å²) in [5.41, 5.74) is -0.738. The molecule has 14 nitrogen and oxygen atoms in total. The molecule has 2 aromatic carbocycles. The molecule has 3 aliphatic rings.